The monoisotopic (exact) mass is 312 g/mol. The van der Waals surface area contributed by atoms with Crippen LogP contribution in [0.15, 0.2) is 34.7 Å². The highest BCUT2D eigenvalue weighted by Gasteiger charge is 2.35. The summed E-state index contributed by atoms with van der Waals surface area (Å²) in [6.07, 6.45) is -4.30. The van der Waals surface area contributed by atoms with Gasteiger partial charge in [0.05, 0.1) is 17.7 Å². The summed E-state index contributed by atoms with van der Waals surface area (Å²) in [5, 5.41) is 0. The number of carbonyl (C=O) groups excluding carboxylic acids is 2. The third-order valence-corrected chi connectivity index (χ3v) is 2.84. The van der Waals surface area contributed by atoms with Crippen molar-refractivity contribution in [3.8, 4) is 11.3 Å². The Labute approximate surface area is 123 Å². The van der Waals surface area contributed by atoms with Crippen molar-refractivity contribution in [1.29, 1.82) is 0 Å². The van der Waals surface area contributed by atoms with E-state index in [1.165, 1.54) is 18.2 Å². The molecule has 0 saturated carbocycles. The van der Waals surface area contributed by atoms with Crippen molar-refractivity contribution in [1.82, 2.24) is 0 Å². The van der Waals surface area contributed by atoms with Gasteiger partial charge in [-0.05, 0) is 37.3 Å². The lowest BCUT2D eigenvalue weighted by Crippen LogP contribution is -2.11. The first-order valence-corrected chi connectivity index (χ1v) is 6.30. The first-order valence-electron chi connectivity index (χ1n) is 6.30. The molecule has 0 aliphatic carbocycles. The predicted octanol–water partition coefficient (Wildman–Crippen LogP) is 3.95. The number of alkyl halides is 3. The lowest BCUT2D eigenvalue weighted by Gasteiger charge is -2.13. The highest BCUT2D eigenvalue weighted by atomic mass is 19.4. The van der Waals surface area contributed by atoms with Crippen molar-refractivity contribution in [2.24, 2.45) is 0 Å². The van der Waals surface area contributed by atoms with Crippen molar-refractivity contribution in [3.63, 3.8) is 0 Å². The number of furan rings is 1. The van der Waals surface area contributed by atoms with Gasteiger partial charge in [0.15, 0.2) is 12.0 Å². The summed E-state index contributed by atoms with van der Waals surface area (Å²) in [6.45, 7) is 1.61. The molecule has 7 heteroatoms. The lowest BCUT2D eigenvalue weighted by molar-refractivity contribution is -0.137. The van der Waals surface area contributed by atoms with Crippen molar-refractivity contribution in [2.75, 3.05) is 6.61 Å². The number of ether oxygens (including phenoxy) is 1. The van der Waals surface area contributed by atoms with E-state index in [1.54, 1.807) is 6.92 Å². The highest BCUT2D eigenvalue weighted by Crippen LogP contribution is 2.38. The predicted molar refractivity (Wildman–Crippen MR) is 70.5 cm³/mol. The zero-order valence-electron chi connectivity index (χ0n) is 11.4. The largest absolute Gasteiger partial charge is 0.462 e. The molecule has 0 amide bonds. The molecule has 1 aromatic carbocycles. The number of hydrogen-bond donors (Lipinski definition) is 0. The number of rotatable bonds is 4. The molecule has 0 N–H and O–H groups in total. The van der Waals surface area contributed by atoms with Crippen LogP contribution in [-0.4, -0.2) is 18.9 Å². The van der Waals surface area contributed by atoms with E-state index < -0.39 is 17.7 Å². The van der Waals surface area contributed by atoms with E-state index in [-0.39, 0.29) is 29.3 Å². The minimum atomic E-state index is -4.69. The Morgan fingerprint density at radius 3 is 2.55 bits per heavy atom. The fourth-order valence-electron chi connectivity index (χ4n) is 1.90. The maximum Gasteiger partial charge on any atom is 0.417 e. The van der Waals surface area contributed by atoms with Gasteiger partial charge in [-0.1, -0.05) is 0 Å². The summed E-state index contributed by atoms with van der Waals surface area (Å²) < 4.78 is 49.3. The number of benzene rings is 1. The van der Waals surface area contributed by atoms with E-state index in [1.807, 2.05) is 0 Å². The second-order valence-electron chi connectivity index (χ2n) is 4.30. The fraction of sp³-hybridized carbons (Fsp3) is 0.200. The van der Waals surface area contributed by atoms with Crippen molar-refractivity contribution < 1.29 is 31.9 Å². The van der Waals surface area contributed by atoms with Gasteiger partial charge in [-0.25, -0.2) is 4.79 Å². The van der Waals surface area contributed by atoms with Crippen molar-refractivity contribution >= 4 is 12.3 Å². The summed E-state index contributed by atoms with van der Waals surface area (Å²) in [5.41, 5.74) is -1.50. The maximum absolute atomic E-state index is 13.2. The van der Waals surface area contributed by atoms with E-state index in [4.69, 9.17) is 4.42 Å². The summed E-state index contributed by atoms with van der Waals surface area (Å²) in [4.78, 5) is 22.1. The first kappa shape index (κ1) is 15.8. The molecule has 0 aliphatic heterocycles. The Morgan fingerprint density at radius 2 is 2.00 bits per heavy atom. The Balaban J connectivity index is 2.54. The van der Waals surface area contributed by atoms with Crippen LogP contribution in [0.1, 0.15) is 33.4 Å². The minimum absolute atomic E-state index is 0.0583. The molecular formula is C15H11F3O4. The van der Waals surface area contributed by atoms with Gasteiger partial charge in [-0.15, -0.1) is 0 Å². The number of halogens is 3. The Kier molecular flexibility index (Phi) is 4.35. The lowest BCUT2D eigenvalue weighted by atomic mass is 10.0. The van der Waals surface area contributed by atoms with Crippen LogP contribution in [0.25, 0.3) is 11.3 Å². The average Bonchev–Trinajstić information content (AvgIpc) is 2.95. The molecule has 4 nitrogen and oxygen atoms in total. The quantitative estimate of drug-likeness (QED) is 0.633. The molecule has 0 saturated heterocycles. The zero-order chi connectivity index (χ0) is 16.3. The third-order valence-electron chi connectivity index (χ3n) is 2.84. The molecule has 116 valence electrons. The fourth-order valence-corrected chi connectivity index (χ4v) is 1.90. The van der Waals surface area contributed by atoms with Crippen LogP contribution in [-0.2, 0) is 10.9 Å². The van der Waals surface area contributed by atoms with Gasteiger partial charge in [-0.3, -0.25) is 4.79 Å². The molecule has 1 aromatic heterocycles. The second kappa shape index (κ2) is 6.05. The van der Waals surface area contributed by atoms with Crippen LogP contribution in [0.5, 0.6) is 0 Å². The summed E-state index contributed by atoms with van der Waals surface area (Å²) in [5.74, 6) is -1.03. The van der Waals surface area contributed by atoms with E-state index >= 15 is 0 Å². The molecule has 0 spiro atoms. The second-order valence-corrected chi connectivity index (χ2v) is 4.30. The Hall–Kier alpha value is -2.57. The number of hydrogen-bond acceptors (Lipinski definition) is 4. The standard InChI is InChI=1S/C15H11F3O4/c1-2-21-14(20)9-3-5-11(12(7-9)15(16,17)18)13-6-4-10(8-19)22-13/h3-8H,2H2,1H3. The van der Waals surface area contributed by atoms with Gasteiger partial charge in [0, 0.05) is 5.56 Å². The van der Waals surface area contributed by atoms with Gasteiger partial charge in [0.1, 0.15) is 5.76 Å². The number of carbonyl (C=O) groups is 2. The van der Waals surface area contributed by atoms with Crippen LogP contribution < -0.4 is 0 Å². The highest BCUT2D eigenvalue weighted by molar-refractivity contribution is 5.90. The van der Waals surface area contributed by atoms with Crippen LogP contribution in [0, 0.1) is 0 Å². The molecule has 0 unspecified atom stereocenters. The van der Waals surface area contributed by atoms with Crippen LogP contribution in [0.3, 0.4) is 0 Å². The molecule has 2 aromatic rings. The van der Waals surface area contributed by atoms with Gasteiger partial charge in [-0.2, -0.15) is 13.2 Å². The van der Waals surface area contributed by atoms with E-state index in [0.29, 0.717) is 12.4 Å². The van der Waals surface area contributed by atoms with Gasteiger partial charge in [0.25, 0.3) is 0 Å². The summed E-state index contributed by atoms with van der Waals surface area (Å²) >= 11 is 0. The summed E-state index contributed by atoms with van der Waals surface area (Å²) in [6, 6.07) is 5.56. The average molecular weight is 312 g/mol. The van der Waals surface area contributed by atoms with Crippen molar-refractivity contribution in [2.45, 2.75) is 13.1 Å². The Morgan fingerprint density at radius 1 is 1.27 bits per heavy atom. The van der Waals surface area contributed by atoms with Gasteiger partial charge in [0.2, 0.25) is 0 Å². The molecule has 0 radical (unpaired) electrons. The number of esters is 1. The zero-order valence-corrected chi connectivity index (χ0v) is 11.4. The first-order chi connectivity index (χ1) is 10.4. The van der Waals surface area contributed by atoms with Gasteiger partial charge >= 0.3 is 12.1 Å². The maximum atomic E-state index is 13.2. The molecule has 0 atom stereocenters. The van der Waals surface area contributed by atoms with Gasteiger partial charge < -0.3 is 9.15 Å². The smallest absolute Gasteiger partial charge is 0.417 e. The van der Waals surface area contributed by atoms with Crippen molar-refractivity contribution in [3.05, 3.63) is 47.2 Å². The minimum Gasteiger partial charge on any atom is -0.462 e. The van der Waals surface area contributed by atoms with E-state index in [2.05, 4.69) is 4.74 Å². The summed E-state index contributed by atoms with van der Waals surface area (Å²) in [7, 11) is 0. The third kappa shape index (κ3) is 3.19. The molecule has 1 heterocycles. The van der Waals surface area contributed by atoms with Crippen LogP contribution >= 0.6 is 0 Å². The molecule has 0 aliphatic rings. The molecule has 0 bridgehead atoms. The molecule has 2 rings (SSSR count). The van der Waals surface area contributed by atoms with Crippen LogP contribution in [0.2, 0.25) is 0 Å². The number of aldehydes is 1. The molecule has 22 heavy (non-hydrogen) atoms. The molecule has 0 fully saturated rings. The van der Waals surface area contributed by atoms with Crippen LogP contribution in [0.4, 0.5) is 13.2 Å². The Bertz CT molecular complexity index is 701. The SMILES string of the molecule is CCOC(=O)c1ccc(-c2ccc(C=O)o2)c(C(F)(F)F)c1. The molecular weight excluding hydrogens is 301 g/mol. The normalized spacial score (nSPS) is 11.3. The van der Waals surface area contributed by atoms with E-state index in [9.17, 15) is 22.8 Å². The topological polar surface area (TPSA) is 56.5 Å². The van der Waals surface area contributed by atoms with E-state index in [0.717, 1.165) is 6.07 Å².